The highest BCUT2D eigenvalue weighted by Gasteiger charge is 2.39. The molecular formula is C67H63N3O2. The van der Waals surface area contributed by atoms with E-state index in [2.05, 4.69) is 255 Å². The van der Waals surface area contributed by atoms with Crippen molar-refractivity contribution < 1.29 is 9.53 Å². The molecule has 0 N–H and O–H groups in total. The molecule has 0 heterocycles. The van der Waals surface area contributed by atoms with Crippen molar-refractivity contribution in [3.63, 3.8) is 0 Å². The van der Waals surface area contributed by atoms with E-state index in [4.69, 9.17) is 4.74 Å². The van der Waals surface area contributed by atoms with E-state index >= 15 is 0 Å². The first-order valence-corrected chi connectivity index (χ1v) is 25.3. The van der Waals surface area contributed by atoms with Crippen LogP contribution in [0.4, 0.5) is 22.7 Å². The van der Waals surface area contributed by atoms with Gasteiger partial charge in [0.15, 0.2) is 0 Å². The second-order valence-electron chi connectivity index (χ2n) is 18.1. The van der Waals surface area contributed by atoms with E-state index in [9.17, 15) is 4.79 Å². The highest BCUT2D eigenvalue weighted by molar-refractivity contribution is 5.83. The number of para-hydroxylation sites is 1. The Morgan fingerprint density at radius 2 is 0.903 bits per heavy atom. The van der Waals surface area contributed by atoms with Crippen LogP contribution in [-0.2, 0) is 4.79 Å². The number of ether oxygens (including phenoxy) is 1. The number of hydrogen-bond acceptors (Lipinski definition) is 5. The molecule has 358 valence electrons. The summed E-state index contributed by atoms with van der Waals surface area (Å²) in [6.07, 6.45) is 30.2. The zero-order valence-electron chi connectivity index (χ0n) is 41.9. The Morgan fingerprint density at radius 1 is 0.472 bits per heavy atom. The third kappa shape index (κ3) is 11.1. The summed E-state index contributed by atoms with van der Waals surface area (Å²) < 4.78 is 5.22. The lowest BCUT2D eigenvalue weighted by Gasteiger charge is -2.42. The summed E-state index contributed by atoms with van der Waals surface area (Å²) in [6, 6.07) is 53.0. The maximum Gasteiger partial charge on any atom is 0.335 e. The van der Waals surface area contributed by atoms with Crippen LogP contribution in [0.25, 0.3) is 35.4 Å². The Kier molecular flexibility index (Phi) is 15.5. The number of anilines is 4. The zero-order valence-corrected chi connectivity index (χ0v) is 41.9. The second-order valence-corrected chi connectivity index (χ2v) is 18.1. The minimum Gasteiger partial charge on any atom is -0.423 e. The topological polar surface area (TPSA) is 36.0 Å². The quantitative estimate of drug-likeness (QED) is 0.0418. The van der Waals surface area contributed by atoms with E-state index in [1.807, 2.05) is 12.1 Å². The van der Waals surface area contributed by atoms with Gasteiger partial charge in [0, 0.05) is 72.5 Å². The van der Waals surface area contributed by atoms with E-state index in [0.717, 1.165) is 54.8 Å². The summed E-state index contributed by atoms with van der Waals surface area (Å²) in [5, 5.41) is 0. The average Bonchev–Trinajstić information content (AvgIpc) is 3.44. The Labute approximate surface area is 427 Å². The number of rotatable bonds is 16. The van der Waals surface area contributed by atoms with Crippen LogP contribution in [0.3, 0.4) is 0 Å². The summed E-state index contributed by atoms with van der Waals surface area (Å²) in [5.41, 5.74) is 18.4. The number of carbonyl (C=O) groups is 1. The van der Waals surface area contributed by atoms with Gasteiger partial charge in [-0.15, -0.1) is 0 Å². The Bertz CT molecular complexity index is 3050. The molecule has 0 saturated heterocycles. The molecule has 6 aromatic carbocycles. The number of hydrogen-bond donors (Lipinski definition) is 0. The van der Waals surface area contributed by atoms with Gasteiger partial charge in [-0.25, -0.2) is 4.79 Å². The van der Waals surface area contributed by atoms with Gasteiger partial charge in [-0.05, 0) is 150 Å². The fraction of sp³-hybridized carbons (Fsp3) is 0.149. The van der Waals surface area contributed by atoms with Crippen molar-refractivity contribution >= 4 is 53.0 Å². The smallest absolute Gasteiger partial charge is 0.335 e. The molecule has 0 saturated carbocycles. The first-order chi connectivity index (χ1) is 35.4. The molecule has 0 fully saturated rings. The van der Waals surface area contributed by atoms with E-state index < -0.39 is 5.97 Å². The van der Waals surface area contributed by atoms with Crippen molar-refractivity contribution in [1.82, 2.24) is 0 Å². The van der Waals surface area contributed by atoms with Crippen LogP contribution in [0.5, 0.6) is 5.75 Å². The van der Waals surface area contributed by atoms with Crippen molar-refractivity contribution in [3.8, 4) is 16.9 Å². The fourth-order valence-electron chi connectivity index (χ4n) is 9.94. The van der Waals surface area contributed by atoms with Gasteiger partial charge < -0.3 is 19.4 Å². The van der Waals surface area contributed by atoms with Crippen LogP contribution in [0.2, 0.25) is 0 Å². The van der Waals surface area contributed by atoms with Crippen LogP contribution in [0.15, 0.2) is 247 Å². The number of esters is 1. The number of nitrogens with zero attached hydrogens (tertiary/aromatic N) is 3. The fourth-order valence-corrected chi connectivity index (χ4v) is 9.94. The predicted octanol–water partition coefficient (Wildman–Crippen LogP) is 16.3. The van der Waals surface area contributed by atoms with Crippen LogP contribution in [0.1, 0.15) is 49.9 Å². The van der Waals surface area contributed by atoms with Gasteiger partial charge in [-0.3, -0.25) is 0 Å². The van der Waals surface area contributed by atoms with E-state index in [0.29, 0.717) is 17.6 Å². The van der Waals surface area contributed by atoms with Crippen LogP contribution >= 0.6 is 0 Å². The first-order valence-electron chi connectivity index (χ1n) is 25.3. The molecule has 4 aliphatic rings. The maximum absolute atomic E-state index is 11.5. The normalized spacial score (nSPS) is 16.0. The van der Waals surface area contributed by atoms with Crippen LogP contribution in [0, 0.1) is 11.8 Å². The third-order valence-corrected chi connectivity index (χ3v) is 13.8. The van der Waals surface area contributed by atoms with Gasteiger partial charge in [-0.2, -0.15) is 0 Å². The highest BCUT2D eigenvalue weighted by Crippen LogP contribution is 2.51. The maximum atomic E-state index is 11.5. The second kappa shape index (κ2) is 23.0. The number of benzene rings is 6. The van der Waals surface area contributed by atoms with Gasteiger partial charge in [0.25, 0.3) is 0 Å². The molecular weight excluding hydrogens is 879 g/mol. The molecule has 2 unspecified atom stereocenters. The van der Waals surface area contributed by atoms with E-state index in [1.165, 1.54) is 61.6 Å². The van der Waals surface area contributed by atoms with Crippen LogP contribution < -0.4 is 19.4 Å². The van der Waals surface area contributed by atoms with Gasteiger partial charge >= 0.3 is 5.97 Å². The molecule has 2 atom stereocenters. The minimum absolute atomic E-state index is 0.306. The largest absolute Gasteiger partial charge is 0.423 e. The van der Waals surface area contributed by atoms with Crippen LogP contribution in [-0.4, -0.2) is 32.1 Å². The summed E-state index contributed by atoms with van der Waals surface area (Å²) >= 11 is 0. The van der Waals surface area contributed by atoms with Crippen molar-refractivity contribution in [2.45, 2.75) is 27.7 Å². The van der Waals surface area contributed by atoms with E-state index in [-0.39, 0.29) is 0 Å². The van der Waals surface area contributed by atoms with Crippen molar-refractivity contribution in [1.29, 1.82) is 0 Å². The van der Waals surface area contributed by atoms with Gasteiger partial charge in [0.1, 0.15) is 5.75 Å². The predicted molar refractivity (Wildman–Crippen MR) is 306 cm³/mol. The standard InChI is InChI=1S/C37H27NO2.C30H36N2/c1-2-35(39)40-32-21-15-26(16-22-32)25-13-19-31(20-14-25)38(30-9-4-3-5-10-30)34-24-18-29-12-11-27-7-6-8-28-17-23-33(34)37(29)36(27)28;1-5-31(6-2)29-21-17-27(18-22-29)15-13-25-9-11-26(12-10-25)14-16-28-19-23-30(24-20-28)32(7-3)8-4/h2-24,36-37H,1H2;9-24H,5-8H2,1-4H3/b;15-13+,16-14+. The lowest BCUT2D eigenvalue weighted by Crippen LogP contribution is -2.32. The molecule has 0 radical (unpaired) electrons. The summed E-state index contributed by atoms with van der Waals surface area (Å²) in [6.45, 7) is 16.4. The Morgan fingerprint density at radius 3 is 1.40 bits per heavy atom. The summed E-state index contributed by atoms with van der Waals surface area (Å²) in [5.74, 6) is 0.701. The average molecular weight is 942 g/mol. The number of carbonyl (C=O) groups excluding carboxylic acids is 1. The Balaban J connectivity index is 0.000000183. The summed E-state index contributed by atoms with van der Waals surface area (Å²) in [7, 11) is 0. The Hall–Kier alpha value is -8.41. The molecule has 5 heteroatoms. The molecule has 0 aliphatic heterocycles. The van der Waals surface area contributed by atoms with Gasteiger partial charge in [0.2, 0.25) is 0 Å². The van der Waals surface area contributed by atoms with E-state index in [1.54, 1.807) is 12.1 Å². The van der Waals surface area contributed by atoms with Crippen molar-refractivity contribution in [3.05, 3.63) is 269 Å². The highest BCUT2D eigenvalue weighted by atomic mass is 16.5. The lowest BCUT2D eigenvalue weighted by atomic mass is 9.64. The first kappa shape index (κ1) is 48.6. The molecule has 0 aromatic heterocycles. The molecule has 4 aliphatic carbocycles. The minimum atomic E-state index is -0.465. The number of allylic oxidation sites excluding steroid dienone is 13. The van der Waals surface area contributed by atoms with Crippen molar-refractivity contribution in [2.24, 2.45) is 11.8 Å². The molecule has 0 amide bonds. The molecule has 72 heavy (non-hydrogen) atoms. The summed E-state index contributed by atoms with van der Waals surface area (Å²) in [4.78, 5) is 18.6. The molecule has 0 spiro atoms. The zero-order chi connectivity index (χ0) is 49.8. The molecule has 5 nitrogen and oxygen atoms in total. The van der Waals surface area contributed by atoms with Gasteiger partial charge in [0.05, 0.1) is 0 Å². The molecule has 10 rings (SSSR count). The lowest BCUT2D eigenvalue weighted by molar-refractivity contribution is -0.128. The SMILES string of the molecule is C=CC(=O)Oc1ccc(-c2ccc(N(C3=C4C=CC5=CC=CC6=CC=C(C=C3)C4C56)c3ccccc3)cc2)cc1.CCN(CC)c1ccc(/C=C/c2ccc(/C=C/c3ccc(N(CC)CC)cc3)cc2)cc1. The third-order valence-electron chi connectivity index (χ3n) is 13.8. The monoisotopic (exact) mass is 941 g/mol. The van der Waals surface area contributed by atoms with Crippen molar-refractivity contribution in [2.75, 3.05) is 40.9 Å². The molecule has 6 aromatic rings. The van der Waals surface area contributed by atoms with Gasteiger partial charge in [-0.1, -0.05) is 170 Å². The molecule has 0 bridgehead atoms.